The third-order valence-electron chi connectivity index (χ3n) is 4.48. The summed E-state index contributed by atoms with van der Waals surface area (Å²) in [6.07, 6.45) is 6.83. The molecule has 1 atom stereocenters. The van der Waals surface area contributed by atoms with E-state index in [1.807, 2.05) is 0 Å². The zero-order valence-corrected chi connectivity index (χ0v) is 17.2. The quantitative estimate of drug-likeness (QED) is 0.541. The molecule has 1 N–H and O–H groups in total. The van der Waals surface area contributed by atoms with Gasteiger partial charge in [-0.05, 0) is 63.3 Å². The minimum absolute atomic E-state index is 0.257. The number of amides is 1. The number of furan rings is 1. The number of fused-ring (bicyclic) bond motifs is 1. The molecular formula is C21H23NO6S. The molecule has 2 heterocycles. The first-order chi connectivity index (χ1) is 14.0. The Morgan fingerprint density at radius 3 is 2.83 bits per heavy atom. The van der Waals surface area contributed by atoms with E-state index in [1.165, 1.54) is 36.7 Å². The van der Waals surface area contributed by atoms with E-state index in [1.54, 1.807) is 19.1 Å². The van der Waals surface area contributed by atoms with Crippen LogP contribution >= 0.6 is 11.3 Å². The second-order valence-electron chi connectivity index (χ2n) is 6.55. The normalized spacial score (nSPS) is 14.3. The lowest BCUT2D eigenvalue weighted by molar-refractivity contribution is -0.148. The van der Waals surface area contributed by atoms with E-state index in [2.05, 4.69) is 5.32 Å². The number of carbonyl (C=O) groups is 3. The van der Waals surface area contributed by atoms with Gasteiger partial charge in [-0.15, -0.1) is 11.3 Å². The maximum Gasteiger partial charge on any atom is 0.341 e. The van der Waals surface area contributed by atoms with Gasteiger partial charge in [-0.1, -0.05) is 0 Å². The second kappa shape index (κ2) is 9.56. The minimum atomic E-state index is -1.03. The van der Waals surface area contributed by atoms with Crippen molar-refractivity contribution in [3.63, 3.8) is 0 Å². The minimum Gasteiger partial charge on any atom is -0.465 e. The molecule has 0 bridgehead atoms. The van der Waals surface area contributed by atoms with E-state index >= 15 is 0 Å². The zero-order chi connectivity index (χ0) is 20.8. The first-order valence-electron chi connectivity index (χ1n) is 9.54. The largest absolute Gasteiger partial charge is 0.465 e. The van der Waals surface area contributed by atoms with Crippen LogP contribution in [0.4, 0.5) is 5.00 Å². The van der Waals surface area contributed by atoms with Crippen LogP contribution in [-0.2, 0) is 31.9 Å². The van der Waals surface area contributed by atoms with Crippen LogP contribution in [0.1, 0.15) is 53.2 Å². The third-order valence-corrected chi connectivity index (χ3v) is 5.68. The highest BCUT2D eigenvalue weighted by atomic mass is 32.1. The maximum absolute atomic E-state index is 12.5. The average molecular weight is 417 g/mol. The van der Waals surface area contributed by atoms with Gasteiger partial charge in [0, 0.05) is 11.0 Å². The Labute approximate surface area is 172 Å². The van der Waals surface area contributed by atoms with E-state index in [4.69, 9.17) is 13.9 Å². The molecule has 0 aromatic carbocycles. The molecule has 1 aliphatic carbocycles. The first-order valence-corrected chi connectivity index (χ1v) is 10.4. The average Bonchev–Trinajstić information content (AvgIpc) is 3.33. The number of thiophene rings is 1. The molecule has 8 heteroatoms. The molecule has 1 amide bonds. The van der Waals surface area contributed by atoms with Gasteiger partial charge in [0.2, 0.25) is 0 Å². The van der Waals surface area contributed by atoms with Crippen LogP contribution in [0.5, 0.6) is 0 Å². The van der Waals surface area contributed by atoms with E-state index in [9.17, 15) is 14.4 Å². The molecule has 0 aliphatic heterocycles. The van der Waals surface area contributed by atoms with Crippen molar-refractivity contribution in [2.24, 2.45) is 0 Å². The number of carbonyl (C=O) groups excluding carboxylic acids is 3. The molecule has 1 unspecified atom stereocenters. The molecule has 0 radical (unpaired) electrons. The molecule has 2 aromatic rings. The molecule has 2 aromatic heterocycles. The fraction of sp³-hybridized carbons (Fsp3) is 0.381. The lowest BCUT2D eigenvalue weighted by atomic mass is 9.95. The van der Waals surface area contributed by atoms with Crippen molar-refractivity contribution < 1.29 is 28.3 Å². The standard InChI is InChI=1S/C21H23NO6S/c1-3-26-21(25)18-15-8-4-5-9-16(15)29-20(18)22-19(24)13(2)28-17(23)11-10-14-7-6-12-27-14/h6-7,10-13H,3-5,8-9H2,1-2H3,(H,22,24)/b11-10+. The number of hydrogen-bond donors (Lipinski definition) is 1. The Balaban J connectivity index is 1.68. The van der Waals surface area contributed by atoms with E-state index in [-0.39, 0.29) is 6.61 Å². The monoisotopic (exact) mass is 417 g/mol. The number of rotatable bonds is 7. The lowest BCUT2D eigenvalue weighted by Gasteiger charge is -2.13. The molecule has 0 spiro atoms. The first kappa shape index (κ1) is 20.9. The Kier molecular flexibility index (Phi) is 6.87. The molecule has 1 aliphatic rings. The van der Waals surface area contributed by atoms with Crippen molar-refractivity contribution >= 4 is 40.3 Å². The number of nitrogens with one attached hydrogen (secondary N) is 1. The topological polar surface area (TPSA) is 94.8 Å². The number of esters is 2. The maximum atomic E-state index is 12.5. The van der Waals surface area contributed by atoms with Gasteiger partial charge >= 0.3 is 11.9 Å². The summed E-state index contributed by atoms with van der Waals surface area (Å²) in [7, 11) is 0. The Morgan fingerprint density at radius 2 is 2.10 bits per heavy atom. The van der Waals surface area contributed by atoms with Gasteiger partial charge in [0.25, 0.3) is 5.91 Å². The van der Waals surface area contributed by atoms with Crippen molar-refractivity contribution in [3.8, 4) is 0 Å². The number of anilines is 1. The summed E-state index contributed by atoms with van der Waals surface area (Å²) >= 11 is 1.39. The van der Waals surface area contributed by atoms with Gasteiger partial charge < -0.3 is 19.2 Å². The molecule has 0 saturated heterocycles. The summed E-state index contributed by atoms with van der Waals surface area (Å²) < 4.78 is 15.4. The highest BCUT2D eigenvalue weighted by molar-refractivity contribution is 7.17. The van der Waals surface area contributed by atoms with Crippen molar-refractivity contribution in [2.45, 2.75) is 45.6 Å². The van der Waals surface area contributed by atoms with Crippen LogP contribution in [0.25, 0.3) is 6.08 Å². The van der Waals surface area contributed by atoms with Crippen molar-refractivity contribution in [1.82, 2.24) is 0 Å². The molecule has 3 rings (SSSR count). The van der Waals surface area contributed by atoms with Crippen LogP contribution in [0.3, 0.4) is 0 Å². The zero-order valence-electron chi connectivity index (χ0n) is 16.4. The molecular weight excluding hydrogens is 394 g/mol. The SMILES string of the molecule is CCOC(=O)c1c(NC(=O)C(C)OC(=O)/C=C/c2ccco2)sc2c1CCCC2. The predicted molar refractivity (Wildman–Crippen MR) is 109 cm³/mol. The smallest absolute Gasteiger partial charge is 0.341 e. The molecule has 7 nitrogen and oxygen atoms in total. The van der Waals surface area contributed by atoms with Gasteiger partial charge in [0.15, 0.2) is 6.10 Å². The van der Waals surface area contributed by atoms with Crippen LogP contribution in [-0.4, -0.2) is 30.6 Å². The molecule has 154 valence electrons. The Hall–Kier alpha value is -2.87. The molecule has 0 saturated carbocycles. The summed E-state index contributed by atoms with van der Waals surface area (Å²) in [6.45, 7) is 3.48. The van der Waals surface area contributed by atoms with Crippen molar-refractivity contribution in [3.05, 3.63) is 46.2 Å². The van der Waals surface area contributed by atoms with Gasteiger partial charge in [-0.25, -0.2) is 9.59 Å². The summed E-state index contributed by atoms with van der Waals surface area (Å²) in [5, 5.41) is 3.19. The summed E-state index contributed by atoms with van der Waals surface area (Å²) in [4.78, 5) is 38.0. The summed E-state index contributed by atoms with van der Waals surface area (Å²) in [5.74, 6) is -1.11. The van der Waals surface area contributed by atoms with Crippen LogP contribution in [0.2, 0.25) is 0 Å². The van der Waals surface area contributed by atoms with Gasteiger partial charge in [0.1, 0.15) is 10.8 Å². The van der Waals surface area contributed by atoms with Crippen LogP contribution < -0.4 is 5.32 Å². The third kappa shape index (κ3) is 5.14. The molecule has 29 heavy (non-hydrogen) atoms. The summed E-state index contributed by atoms with van der Waals surface area (Å²) in [6, 6.07) is 3.39. The predicted octanol–water partition coefficient (Wildman–Crippen LogP) is 3.98. The van der Waals surface area contributed by atoms with Gasteiger partial charge in [0.05, 0.1) is 18.4 Å². The van der Waals surface area contributed by atoms with Gasteiger partial charge in [-0.2, -0.15) is 0 Å². The van der Waals surface area contributed by atoms with Crippen LogP contribution in [0, 0.1) is 0 Å². The fourth-order valence-corrected chi connectivity index (χ4v) is 4.37. The van der Waals surface area contributed by atoms with Crippen molar-refractivity contribution in [1.29, 1.82) is 0 Å². The number of hydrogen-bond acceptors (Lipinski definition) is 7. The van der Waals surface area contributed by atoms with Gasteiger partial charge in [-0.3, -0.25) is 4.79 Å². The lowest BCUT2D eigenvalue weighted by Crippen LogP contribution is -2.29. The number of ether oxygens (including phenoxy) is 2. The van der Waals surface area contributed by atoms with E-state index < -0.39 is 23.9 Å². The fourth-order valence-electron chi connectivity index (χ4n) is 3.09. The molecule has 0 fully saturated rings. The Morgan fingerprint density at radius 1 is 1.31 bits per heavy atom. The number of aryl methyl sites for hydroxylation is 1. The van der Waals surface area contributed by atoms with Crippen LogP contribution in [0.15, 0.2) is 28.9 Å². The highest BCUT2D eigenvalue weighted by Gasteiger charge is 2.28. The van der Waals surface area contributed by atoms with E-state index in [0.29, 0.717) is 16.3 Å². The van der Waals surface area contributed by atoms with Crippen molar-refractivity contribution in [2.75, 3.05) is 11.9 Å². The summed E-state index contributed by atoms with van der Waals surface area (Å²) in [5.41, 5.74) is 1.39. The second-order valence-corrected chi connectivity index (χ2v) is 7.66. The highest BCUT2D eigenvalue weighted by Crippen LogP contribution is 2.38. The Bertz CT molecular complexity index is 912. The van der Waals surface area contributed by atoms with E-state index in [0.717, 1.165) is 36.1 Å².